The number of sulfonamides is 1. The fourth-order valence-electron chi connectivity index (χ4n) is 3.48. The van der Waals surface area contributed by atoms with Gasteiger partial charge in [-0.1, -0.05) is 30.3 Å². The number of benzene rings is 2. The van der Waals surface area contributed by atoms with Crippen LogP contribution < -0.4 is 9.64 Å². The lowest BCUT2D eigenvalue weighted by molar-refractivity contribution is 0.414. The van der Waals surface area contributed by atoms with E-state index in [1.54, 1.807) is 35.7 Å². The normalized spacial score (nSPS) is 15.7. The molecule has 0 aliphatic carbocycles. The first-order chi connectivity index (χ1) is 14.6. The number of aromatic nitrogens is 2. The van der Waals surface area contributed by atoms with Crippen LogP contribution in [0.25, 0.3) is 0 Å². The van der Waals surface area contributed by atoms with Crippen LogP contribution in [0.15, 0.2) is 59.5 Å². The summed E-state index contributed by atoms with van der Waals surface area (Å²) in [6.07, 6.45) is 1.38. The molecule has 0 amide bonds. The van der Waals surface area contributed by atoms with Crippen molar-refractivity contribution < 1.29 is 13.2 Å². The summed E-state index contributed by atoms with van der Waals surface area (Å²) in [6.45, 7) is 2.29. The van der Waals surface area contributed by atoms with E-state index in [-0.39, 0.29) is 0 Å². The molecule has 0 bridgehead atoms. The molecular weight excluding hydrogens is 420 g/mol. The average Bonchev–Trinajstić information content (AvgIpc) is 3.08. The molecule has 0 N–H and O–H groups in total. The summed E-state index contributed by atoms with van der Waals surface area (Å²) in [5, 5.41) is 0.840. The van der Waals surface area contributed by atoms with E-state index in [2.05, 4.69) is 9.27 Å². The third kappa shape index (κ3) is 4.63. The van der Waals surface area contributed by atoms with Gasteiger partial charge in [0, 0.05) is 44.1 Å². The van der Waals surface area contributed by atoms with Crippen molar-refractivity contribution in [3.05, 3.63) is 66.0 Å². The van der Waals surface area contributed by atoms with Gasteiger partial charge in [0.05, 0.1) is 12.0 Å². The van der Waals surface area contributed by atoms with Crippen LogP contribution in [0.1, 0.15) is 17.8 Å². The van der Waals surface area contributed by atoms with Gasteiger partial charge in [-0.3, -0.25) is 0 Å². The van der Waals surface area contributed by atoms with Crippen LogP contribution in [-0.4, -0.2) is 55.4 Å². The highest BCUT2D eigenvalue weighted by Crippen LogP contribution is 2.23. The number of rotatable bonds is 6. The lowest BCUT2D eigenvalue weighted by Crippen LogP contribution is -2.35. The van der Waals surface area contributed by atoms with Gasteiger partial charge in [0.2, 0.25) is 15.2 Å². The Labute approximate surface area is 181 Å². The number of ether oxygens (including phenoxy) is 1. The molecule has 2 heterocycles. The maximum atomic E-state index is 12.9. The Morgan fingerprint density at radius 3 is 2.67 bits per heavy atom. The van der Waals surface area contributed by atoms with Gasteiger partial charge >= 0.3 is 0 Å². The van der Waals surface area contributed by atoms with E-state index in [0.717, 1.165) is 35.2 Å². The van der Waals surface area contributed by atoms with Gasteiger partial charge in [-0.2, -0.15) is 8.68 Å². The van der Waals surface area contributed by atoms with E-state index in [0.29, 0.717) is 31.0 Å². The number of anilines is 1. The monoisotopic (exact) mass is 444 g/mol. The van der Waals surface area contributed by atoms with Gasteiger partial charge in [-0.15, -0.1) is 0 Å². The average molecular weight is 445 g/mol. The second-order valence-electron chi connectivity index (χ2n) is 7.08. The predicted octanol–water partition coefficient (Wildman–Crippen LogP) is 3.04. The Hall–Kier alpha value is -2.49. The fraction of sp³-hybridized carbons (Fsp3) is 0.333. The zero-order valence-corrected chi connectivity index (χ0v) is 18.4. The van der Waals surface area contributed by atoms with Crippen molar-refractivity contribution in [3.8, 4) is 5.75 Å². The van der Waals surface area contributed by atoms with E-state index in [1.807, 2.05) is 30.3 Å². The molecule has 0 atom stereocenters. The quantitative estimate of drug-likeness (QED) is 0.582. The highest BCUT2D eigenvalue weighted by atomic mass is 32.2. The Balaban J connectivity index is 1.43. The van der Waals surface area contributed by atoms with Gasteiger partial charge in [-0.25, -0.2) is 13.4 Å². The first-order valence-corrected chi connectivity index (χ1v) is 12.0. The SMILES string of the molecule is COc1cccc(Cc2nsc(N3CCCN(S(=O)(=O)c4ccccc4)CC3)n2)c1. The summed E-state index contributed by atoms with van der Waals surface area (Å²) in [5.41, 5.74) is 1.09. The molecule has 1 fully saturated rings. The molecule has 1 aliphatic heterocycles. The second-order valence-corrected chi connectivity index (χ2v) is 9.75. The second kappa shape index (κ2) is 9.11. The predicted molar refractivity (Wildman–Crippen MR) is 118 cm³/mol. The molecule has 4 rings (SSSR count). The van der Waals surface area contributed by atoms with E-state index in [4.69, 9.17) is 9.72 Å². The molecule has 0 unspecified atom stereocenters. The molecule has 3 aromatic rings. The Kier molecular flexibility index (Phi) is 6.31. The van der Waals surface area contributed by atoms with Gasteiger partial charge in [0.1, 0.15) is 11.6 Å². The molecule has 158 valence electrons. The van der Waals surface area contributed by atoms with Crippen LogP contribution in [0.4, 0.5) is 5.13 Å². The highest BCUT2D eigenvalue weighted by Gasteiger charge is 2.27. The highest BCUT2D eigenvalue weighted by molar-refractivity contribution is 7.89. The van der Waals surface area contributed by atoms with E-state index in [9.17, 15) is 8.42 Å². The first-order valence-electron chi connectivity index (χ1n) is 9.82. The number of nitrogens with zero attached hydrogens (tertiary/aromatic N) is 4. The number of methoxy groups -OCH3 is 1. The fourth-order valence-corrected chi connectivity index (χ4v) is 5.70. The Morgan fingerprint density at radius 1 is 1.03 bits per heavy atom. The number of hydrogen-bond acceptors (Lipinski definition) is 7. The van der Waals surface area contributed by atoms with Gasteiger partial charge in [0.15, 0.2) is 0 Å². The molecule has 30 heavy (non-hydrogen) atoms. The molecule has 0 radical (unpaired) electrons. The first kappa shape index (κ1) is 20.8. The minimum Gasteiger partial charge on any atom is -0.497 e. The van der Waals surface area contributed by atoms with Gasteiger partial charge < -0.3 is 9.64 Å². The van der Waals surface area contributed by atoms with E-state index >= 15 is 0 Å². The summed E-state index contributed by atoms with van der Waals surface area (Å²) < 4.78 is 37.2. The van der Waals surface area contributed by atoms with E-state index in [1.165, 1.54) is 11.5 Å². The zero-order chi connectivity index (χ0) is 21.0. The minimum absolute atomic E-state index is 0.343. The molecule has 7 nitrogen and oxygen atoms in total. The summed E-state index contributed by atoms with van der Waals surface area (Å²) in [5.74, 6) is 1.58. The topological polar surface area (TPSA) is 75.6 Å². The van der Waals surface area contributed by atoms with Crippen LogP contribution in [0.2, 0.25) is 0 Å². The van der Waals surface area contributed by atoms with Crippen LogP contribution in [0, 0.1) is 0 Å². The summed E-state index contributed by atoms with van der Waals surface area (Å²) in [4.78, 5) is 7.17. The Bertz CT molecular complexity index is 1090. The van der Waals surface area contributed by atoms with Gasteiger partial charge in [0.25, 0.3) is 0 Å². The number of hydrogen-bond donors (Lipinski definition) is 0. The molecular formula is C21H24N4O3S2. The molecule has 0 spiro atoms. The maximum Gasteiger partial charge on any atom is 0.243 e. The van der Waals surface area contributed by atoms with Crippen molar-refractivity contribution in [3.63, 3.8) is 0 Å². The standard InChI is InChI=1S/C21H24N4O3S2/c1-28-18-8-5-7-17(15-18)16-20-22-21(29-23-20)24-11-6-12-25(14-13-24)30(26,27)19-9-3-2-4-10-19/h2-5,7-10,15H,6,11-14,16H2,1H3. The van der Waals surface area contributed by atoms with Crippen molar-refractivity contribution in [2.45, 2.75) is 17.7 Å². The van der Waals surface area contributed by atoms with Crippen molar-refractivity contribution in [2.24, 2.45) is 0 Å². The van der Waals surface area contributed by atoms with Crippen molar-refractivity contribution in [1.82, 2.24) is 13.7 Å². The summed E-state index contributed by atoms with van der Waals surface area (Å²) in [7, 11) is -1.82. The smallest absolute Gasteiger partial charge is 0.243 e. The third-order valence-corrected chi connectivity index (χ3v) is 7.79. The third-order valence-electron chi connectivity index (χ3n) is 5.06. The van der Waals surface area contributed by atoms with Crippen LogP contribution >= 0.6 is 11.5 Å². The summed E-state index contributed by atoms with van der Waals surface area (Å²) in [6, 6.07) is 16.5. The molecule has 0 saturated carbocycles. The largest absolute Gasteiger partial charge is 0.497 e. The Morgan fingerprint density at radius 2 is 1.87 bits per heavy atom. The minimum atomic E-state index is -3.47. The van der Waals surface area contributed by atoms with Crippen molar-refractivity contribution in [2.75, 3.05) is 38.2 Å². The maximum absolute atomic E-state index is 12.9. The molecule has 1 aliphatic rings. The van der Waals surface area contributed by atoms with Crippen molar-refractivity contribution >= 4 is 26.7 Å². The lowest BCUT2D eigenvalue weighted by Gasteiger charge is -2.21. The lowest BCUT2D eigenvalue weighted by atomic mass is 10.1. The van der Waals surface area contributed by atoms with Crippen LogP contribution in [0.5, 0.6) is 5.75 Å². The van der Waals surface area contributed by atoms with Crippen LogP contribution in [-0.2, 0) is 16.4 Å². The molecule has 1 saturated heterocycles. The van der Waals surface area contributed by atoms with E-state index < -0.39 is 10.0 Å². The van der Waals surface area contributed by atoms with Crippen molar-refractivity contribution in [1.29, 1.82) is 0 Å². The molecule has 2 aromatic carbocycles. The molecule has 9 heteroatoms. The van der Waals surface area contributed by atoms with Gasteiger partial charge in [-0.05, 0) is 36.2 Å². The summed E-state index contributed by atoms with van der Waals surface area (Å²) >= 11 is 1.37. The van der Waals surface area contributed by atoms with Crippen LogP contribution in [0.3, 0.4) is 0 Å². The zero-order valence-electron chi connectivity index (χ0n) is 16.8. The molecule has 1 aromatic heterocycles.